The van der Waals surface area contributed by atoms with Gasteiger partial charge < -0.3 is 0 Å². The minimum atomic E-state index is 0.0481. The molecule has 0 saturated carbocycles. The zero-order valence-corrected chi connectivity index (χ0v) is 8.74. The lowest BCUT2D eigenvalue weighted by atomic mass is 9.92. The summed E-state index contributed by atoms with van der Waals surface area (Å²) in [5.41, 5.74) is 0. The number of nitrogens with zero attached hydrogens (tertiary/aromatic N) is 3. The fourth-order valence-electron chi connectivity index (χ4n) is 1.98. The molecule has 1 heterocycles. The van der Waals surface area contributed by atoms with Crippen molar-refractivity contribution >= 4 is 0 Å². The Labute approximate surface area is 85.9 Å². The second-order valence-electron chi connectivity index (χ2n) is 3.98. The van der Waals surface area contributed by atoms with Crippen LogP contribution in [0, 0.1) is 28.6 Å². The molecular weight excluding hydrogens is 174 g/mol. The molecule has 3 nitrogen and oxygen atoms in total. The van der Waals surface area contributed by atoms with Crippen LogP contribution in [0.3, 0.4) is 0 Å². The normalized spacial score (nSPS) is 21.1. The number of hydrogen-bond donors (Lipinski definition) is 0. The maximum Gasteiger partial charge on any atom is 0.0949 e. The first kappa shape index (κ1) is 11.0. The van der Waals surface area contributed by atoms with Crippen LogP contribution in [-0.4, -0.2) is 24.0 Å². The lowest BCUT2D eigenvalue weighted by Crippen LogP contribution is -2.39. The van der Waals surface area contributed by atoms with Crippen LogP contribution in [0.25, 0.3) is 0 Å². The monoisotopic (exact) mass is 191 g/mol. The second-order valence-corrected chi connectivity index (χ2v) is 3.98. The van der Waals surface area contributed by atoms with E-state index in [1.54, 1.807) is 0 Å². The molecule has 0 aliphatic carbocycles. The van der Waals surface area contributed by atoms with Crippen molar-refractivity contribution in [2.24, 2.45) is 5.92 Å². The second kappa shape index (κ2) is 5.62. The molecule has 0 radical (unpaired) electrons. The van der Waals surface area contributed by atoms with Gasteiger partial charge in [0.1, 0.15) is 0 Å². The van der Waals surface area contributed by atoms with Crippen molar-refractivity contribution in [1.29, 1.82) is 10.5 Å². The molecule has 0 amide bonds. The minimum absolute atomic E-state index is 0.0481. The molecule has 1 saturated heterocycles. The Kier molecular flexibility index (Phi) is 4.43. The lowest BCUT2D eigenvalue weighted by molar-refractivity contribution is 0.161. The van der Waals surface area contributed by atoms with Crippen LogP contribution in [0.5, 0.6) is 0 Å². The Morgan fingerprint density at radius 1 is 1.36 bits per heavy atom. The van der Waals surface area contributed by atoms with E-state index in [1.165, 1.54) is 0 Å². The highest BCUT2D eigenvalue weighted by Crippen LogP contribution is 2.22. The summed E-state index contributed by atoms with van der Waals surface area (Å²) in [6, 6.07) is 4.51. The van der Waals surface area contributed by atoms with E-state index in [-0.39, 0.29) is 6.04 Å². The SMILES string of the molecule is CC(C#N)N1CCC(CCC#N)CC1. The molecular formula is C11H17N3. The van der Waals surface area contributed by atoms with Crippen LogP contribution >= 0.6 is 0 Å². The van der Waals surface area contributed by atoms with Gasteiger partial charge in [-0.2, -0.15) is 10.5 Å². The molecule has 0 N–H and O–H groups in total. The zero-order chi connectivity index (χ0) is 10.4. The molecule has 14 heavy (non-hydrogen) atoms. The van der Waals surface area contributed by atoms with Gasteiger partial charge in [0.25, 0.3) is 0 Å². The fraction of sp³-hybridized carbons (Fsp3) is 0.818. The van der Waals surface area contributed by atoms with Crippen LogP contribution < -0.4 is 0 Å². The van der Waals surface area contributed by atoms with Gasteiger partial charge in [-0.25, -0.2) is 0 Å². The van der Waals surface area contributed by atoms with E-state index in [1.807, 2.05) is 6.92 Å². The molecule has 1 aliphatic heterocycles. The highest BCUT2D eigenvalue weighted by molar-refractivity contribution is 4.90. The Morgan fingerprint density at radius 3 is 2.50 bits per heavy atom. The molecule has 1 rings (SSSR count). The average Bonchev–Trinajstić information content (AvgIpc) is 2.26. The Morgan fingerprint density at radius 2 is 2.00 bits per heavy atom. The van der Waals surface area contributed by atoms with Crippen molar-refractivity contribution in [3.63, 3.8) is 0 Å². The minimum Gasteiger partial charge on any atom is -0.288 e. The van der Waals surface area contributed by atoms with Crippen molar-refractivity contribution in [3.8, 4) is 12.1 Å². The number of nitriles is 2. The third-order valence-electron chi connectivity index (χ3n) is 3.05. The summed E-state index contributed by atoms with van der Waals surface area (Å²) in [6.07, 6.45) is 4.01. The maximum atomic E-state index is 8.76. The summed E-state index contributed by atoms with van der Waals surface area (Å²) in [6.45, 7) is 3.99. The predicted octanol–water partition coefficient (Wildman–Crippen LogP) is 1.91. The van der Waals surface area contributed by atoms with Crippen molar-refractivity contribution < 1.29 is 0 Å². The summed E-state index contributed by atoms with van der Waals surface area (Å²) < 4.78 is 0. The van der Waals surface area contributed by atoms with E-state index in [0.717, 1.165) is 32.4 Å². The van der Waals surface area contributed by atoms with Crippen LogP contribution in [-0.2, 0) is 0 Å². The van der Waals surface area contributed by atoms with Crippen molar-refractivity contribution in [2.75, 3.05) is 13.1 Å². The molecule has 1 aliphatic rings. The Hall–Kier alpha value is -1.06. The van der Waals surface area contributed by atoms with E-state index >= 15 is 0 Å². The standard InChI is InChI=1S/C11H17N3/c1-10(9-13)14-7-4-11(5-8-14)3-2-6-12/h10-11H,2-5,7-8H2,1H3. The molecule has 1 fully saturated rings. The van der Waals surface area contributed by atoms with E-state index < -0.39 is 0 Å². The first-order valence-corrected chi connectivity index (χ1v) is 5.28. The number of rotatable bonds is 3. The number of piperidine rings is 1. The quantitative estimate of drug-likeness (QED) is 0.684. The zero-order valence-electron chi connectivity index (χ0n) is 8.74. The molecule has 76 valence electrons. The largest absolute Gasteiger partial charge is 0.288 e. The molecule has 0 bridgehead atoms. The molecule has 0 spiro atoms. The van der Waals surface area contributed by atoms with E-state index in [9.17, 15) is 0 Å². The van der Waals surface area contributed by atoms with E-state index in [4.69, 9.17) is 10.5 Å². The summed E-state index contributed by atoms with van der Waals surface area (Å²) in [4.78, 5) is 2.23. The Bertz CT molecular complexity index is 240. The molecule has 0 aromatic rings. The maximum absolute atomic E-state index is 8.76. The van der Waals surface area contributed by atoms with Crippen LogP contribution in [0.2, 0.25) is 0 Å². The van der Waals surface area contributed by atoms with E-state index in [2.05, 4.69) is 17.0 Å². The third kappa shape index (κ3) is 3.01. The Balaban J connectivity index is 2.25. The average molecular weight is 191 g/mol. The van der Waals surface area contributed by atoms with Crippen molar-refractivity contribution in [3.05, 3.63) is 0 Å². The molecule has 3 heteroatoms. The summed E-state index contributed by atoms with van der Waals surface area (Å²) >= 11 is 0. The third-order valence-corrected chi connectivity index (χ3v) is 3.05. The molecule has 1 unspecified atom stereocenters. The van der Waals surface area contributed by atoms with Gasteiger partial charge in [0.15, 0.2) is 0 Å². The van der Waals surface area contributed by atoms with Crippen molar-refractivity contribution in [2.45, 2.75) is 38.6 Å². The number of hydrogen-bond acceptors (Lipinski definition) is 3. The van der Waals surface area contributed by atoms with Gasteiger partial charge >= 0.3 is 0 Å². The molecule has 1 atom stereocenters. The predicted molar refractivity (Wildman–Crippen MR) is 54.2 cm³/mol. The van der Waals surface area contributed by atoms with Gasteiger partial charge in [0, 0.05) is 6.42 Å². The van der Waals surface area contributed by atoms with Crippen LogP contribution in [0.15, 0.2) is 0 Å². The van der Waals surface area contributed by atoms with Gasteiger partial charge in [0.2, 0.25) is 0 Å². The highest BCUT2D eigenvalue weighted by atomic mass is 15.2. The van der Waals surface area contributed by atoms with Gasteiger partial charge in [-0.3, -0.25) is 4.90 Å². The summed E-state index contributed by atoms with van der Waals surface area (Å²) in [5, 5.41) is 17.2. The lowest BCUT2D eigenvalue weighted by Gasteiger charge is -2.33. The van der Waals surface area contributed by atoms with E-state index in [0.29, 0.717) is 12.3 Å². The molecule has 0 aromatic heterocycles. The summed E-state index contributed by atoms with van der Waals surface area (Å²) in [7, 11) is 0. The smallest absolute Gasteiger partial charge is 0.0949 e. The van der Waals surface area contributed by atoms with Gasteiger partial charge in [-0.1, -0.05) is 0 Å². The number of likely N-dealkylation sites (tertiary alicyclic amines) is 1. The van der Waals surface area contributed by atoms with Crippen LogP contribution in [0.1, 0.15) is 32.6 Å². The fourth-order valence-corrected chi connectivity index (χ4v) is 1.98. The van der Waals surface area contributed by atoms with Crippen LogP contribution in [0.4, 0.5) is 0 Å². The van der Waals surface area contributed by atoms with Gasteiger partial charge in [0.05, 0.1) is 18.2 Å². The first-order valence-electron chi connectivity index (χ1n) is 5.28. The van der Waals surface area contributed by atoms with Gasteiger partial charge in [-0.15, -0.1) is 0 Å². The highest BCUT2D eigenvalue weighted by Gasteiger charge is 2.21. The first-order chi connectivity index (χ1) is 6.77. The van der Waals surface area contributed by atoms with Crippen molar-refractivity contribution in [1.82, 2.24) is 4.90 Å². The molecule has 0 aromatic carbocycles. The summed E-state index contributed by atoms with van der Waals surface area (Å²) in [5.74, 6) is 0.705. The topological polar surface area (TPSA) is 50.8 Å². The van der Waals surface area contributed by atoms with Gasteiger partial charge in [-0.05, 0) is 45.2 Å².